The number of amides is 1. The van der Waals surface area contributed by atoms with Gasteiger partial charge in [-0.25, -0.2) is 0 Å². The summed E-state index contributed by atoms with van der Waals surface area (Å²) in [4.78, 5) is 14.3. The molecule has 36 heavy (non-hydrogen) atoms. The van der Waals surface area contributed by atoms with E-state index < -0.39 is 16.0 Å². The molecule has 2 heterocycles. The van der Waals surface area contributed by atoms with E-state index in [2.05, 4.69) is 17.1 Å². The molecule has 196 valence electrons. The first-order valence-electron chi connectivity index (χ1n) is 12.4. The van der Waals surface area contributed by atoms with Gasteiger partial charge >= 0.3 is 0 Å². The van der Waals surface area contributed by atoms with Crippen LogP contribution in [0.4, 0.5) is 0 Å². The average molecular weight is 556 g/mol. The van der Waals surface area contributed by atoms with E-state index in [1.54, 1.807) is 0 Å². The van der Waals surface area contributed by atoms with E-state index in [1.165, 1.54) is 19.3 Å². The van der Waals surface area contributed by atoms with Gasteiger partial charge in [-0.1, -0.05) is 96.7 Å². The monoisotopic (exact) mass is 554 g/mol. The molecular weight excluding hydrogens is 523 g/mol. The second-order valence-corrected chi connectivity index (χ2v) is 11.9. The van der Waals surface area contributed by atoms with Crippen LogP contribution in [-0.2, 0) is 27.4 Å². The van der Waals surface area contributed by atoms with Crippen LogP contribution in [0.5, 0.6) is 0 Å². The third kappa shape index (κ3) is 7.13. The van der Waals surface area contributed by atoms with Crippen molar-refractivity contribution in [3.63, 3.8) is 0 Å². The number of nitrogens with one attached hydrogen (secondary N) is 1. The minimum Gasteiger partial charge on any atom is -0.392 e. The molecule has 9 heteroatoms. The molecule has 2 aliphatic rings. The molecule has 4 atom stereocenters. The first kappa shape index (κ1) is 27.6. The zero-order valence-corrected chi connectivity index (χ0v) is 22.6. The molecule has 2 fully saturated rings. The number of likely N-dealkylation sites (tertiary alicyclic amines) is 1. The van der Waals surface area contributed by atoms with Crippen molar-refractivity contribution in [2.45, 2.75) is 61.6 Å². The standard InChI is InChI=1S/C27H33Cl3N2O4/c1-18-23(16-32-13-3-2-4-14-32)35-25(36-24(18)21-9-7-20(17-33)8-10-21)22-11-5-19(6-12-22)15-31-26(34)27(28,29)30/h5-12,18,23-25,33H,2-4,13-17H2,1H3,(H,31,34)/t18-,23+,24+,25+/m1/s1. The molecule has 0 aliphatic carbocycles. The minimum absolute atomic E-state index is 0.00705. The molecule has 0 saturated carbocycles. The van der Waals surface area contributed by atoms with Gasteiger partial charge in [0.05, 0.1) is 18.8 Å². The highest BCUT2D eigenvalue weighted by Crippen LogP contribution is 2.42. The van der Waals surface area contributed by atoms with Gasteiger partial charge in [-0.05, 0) is 42.6 Å². The number of hydrogen-bond donors (Lipinski definition) is 2. The van der Waals surface area contributed by atoms with Crippen LogP contribution in [0, 0.1) is 5.92 Å². The molecule has 0 spiro atoms. The van der Waals surface area contributed by atoms with E-state index in [0.717, 1.165) is 41.9 Å². The number of carbonyl (C=O) groups is 1. The Labute approximate surface area is 227 Å². The normalized spacial score (nSPS) is 25.5. The fourth-order valence-corrected chi connectivity index (χ4v) is 5.00. The van der Waals surface area contributed by atoms with E-state index in [0.29, 0.717) is 0 Å². The van der Waals surface area contributed by atoms with E-state index in [4.69, 9.17) is 44.3 Å². The summed E-state index contributed by atoms with van der Waals surface area (Å²) in [5, 5.41) is 12.1. The van der Waals surface area contributed by atoms with Crippen LogP contribution >= 0.6 is 34.8 Å². The van der Waals surface area contributed by atoms with Gasteiger partial charge in [0.15, 0.2) is 6.29 Å². The number of benzene rings is 2. The Morgan fingerprint density at radius 3 is 2.19 bits per heavy atom. The summed E-state index contributed by atoms with van der Waals surface area (Å²) in [6, 6.07) is 15.6. The molecule has 2 saturated heterocycles. The predicted molar refractivity (Wildman–Crippen MR) is 142 cm³/mol. The summed E-state index contributed by atoms with van der Waals surface area (Å²) < 4.78 is 11.1. The molecule has 0 radical (unpaired) electrons. The Morgan fingerprint density at radius 1 is 0.972 bits per heavy atom. The van der Waals surface area contributed by atoms with Crippen LogP contribution in [-0.4, -0.2) is 45.4 Å². The lowest BCUT2D eigenvalue weighted by Crippen LogP contribution is -2.45. The van der Waals surface area contributed by atoms with Gasteiger partial charge in [0, 0.05) is 24.6 Å². The number of halogens is 3. The van der Waals surface area contributed by atoms with Crippen molar-refractivity contribution < 1.29 is 19.4 Å². The number of aliphatic hydroxyl groups excluding tert-OH is 1. The molecule has 2 N–H and O–H groups in total. The lowest BCUT2D eigenvalue weighted by atomic mass is 9.89. The van der Waals surface area contributed by atoms with E-state index in [1.807, 2.05) is 48.5 Å². The summed E-state index contributed by atoms with van der Waals surface area (Å²) in [6.45, 7) is 5.51. The molecule has 0 aromatic heterocycles. The summed E-state index contributed by atoms with van der Waals surface area (Å²) >= 11 is 16.9. The van der Waals surface area contributed by atoms with Crippen LogP contribution in [0.2, 0.25) is 0 Å². The maximum absolute atomic E-state index is 11.8. The molecule has 0 bridgehead atoms. The first-order valence-corrected chi connectivity index (χ1v) is 13.5. The zero-order valence-electron chi connectivity index (χ0n) is 20.3. The van der Waals surface area contributed by atoms with Crippen molar-refractivity contribution in [2.75, 3.05) is 19.6 Å². The minimum atomic E-state index is -1.99. The van der Waals surface area contributed by atoms with Crippen molar-refractivity contribution in [3.8, 4) is 0 Å². The molecule has 2 aromatic carbocycles. The maximum Gasteiger partial charge on any atom is 0.272 e. The molecule has 4 rings (SSSR count). The third-order valence-corrected chi connectivity index (χ3v) is 7.49. The van der Waals surface area contributed by atoms with Gasteiger partial charge in [-0.15, -0.1) is 0 Å². The van der Waals surface area contributed by atoms with Gasteiger partial charge in [-0.3, -0.25) is 4.79 Å². The fourth-order valence-electron chi connectivity index (χ4n) is 4.80. The molecule has 1 amide bonds. The summed E-state index contributed by atoms with van der Waals surface area (Å²) in [6.07, 6.45) is 3.08. The highest BCUT2D eigenvalue weighted by Gasteiger charge is 2.39. The largest absolute Gasteiger partial charge is 0.392 e. The fraction of sp³-hybridized carbons (Fsp3) is 0.519. The predicted octanol–water partition coefficient (Wildman–Crippen LogP) is 5.44. The topological polar surface area (TPSA) is 71.0 Å². The van der Waals surface area contributed by atoms with Crippen LogP contribution in [0.15, 0.2) is 48.5 Å². The van der Waals surface area contributed by atoms with Gasteiger partial charge in [0.1, 0.15) is 0 Å². The van der Waals surface area contributed by atoms with Crippen molar-refractivity contribution >= 4 is 40.7 Å². The van der Waals surface area contributed by atoms with Gasteiger partial charge in [-0.2, -0.15) is 0 Å². The van der Waals surface area contributed by atoms with Gasteiger partial charge in [0.25, 0.3) is 9.70 Å². The lowest BCUT2D eigenvalue weighted by Gasteiger charge is -2.43. The number of hydrogen-bond acceptors (Lipinski definition) is 5. The summed E-state index contributed by atoms with van der Waals surface area (Å²) in [5.74, 6) is -0.514. The number of alkyl halides is 3. The molecular formula is C27H33Cl3N2O4. The van der Waals surface area contributed by atoms with Crippen LogP contribution in [0.1, 0.15) is 60.8 Å². The summed E-state index contributed by atoms with van der Waals surface area (Å²) in [5.41, 5.74) is 3.71. The second-order valence-electron chi connectivity index (χ2n) is 9.61. The van der Waals surface area contributed by atoms with Crippen molar-refractivity contribution in [3.05, 3.63) is 70.8 Å². The second kappa shape index (κ2) is 12.4. The summed E-state index contributed by atoms with van der Waals surface area (Å²) in [7, 11) is 0. The SMILES string of the molecule is C[C@@H]1[C@H](CN2CCCCC2)O[C@H](c2ccc(CNC(=O)C(Cl)(Cl)Cl)cc2)O[C@@H]1c1ccc(CO)cc1. The Kier molecular flexibility index (Phi) is 9.56. The Bertz CT molecular complexity index is 992. The van der Waals surface area contributed by atoms with Crippen molar-refractivity contribution in [1.29, 1.82) is 0 Å². The third-order valence-electron chi connectivity index (χ3n) is 6.97. The van der Waals surface area contributed by atoms with Gasteiger partial charge < -0.3 is 24.8 Å². The Morgan fingerprint density at radius 2 is 1.58 bits per heavy atom. The number of carbonyl (C=O) groups excluding carboxylic acids is 1. The van der Waals surface area contributed by atoms with E-state index in [-0.39, 0.29) is 31.3 Å². The zero-order chi connectivity index (χ0) is 25.7. The Balaban J connectivity index is 1.50. The highest BCUT2D eigenvalue weighted by atomic mass is 35.6. The number of ether oxygens (including phenoxy) is 2. The van der Waals surface area contributed by atoms with Crippen molar-refractivity contribution in [2.24, 2.45) is 5.92 Å². The smallest absolute Gasteiger partial charge is 0.272 e. The highest BCUT2D eigenvalue weighted by molar-refractivity contribution is 6.76. The van der Waals surface area contributed by atoms with Crippen LogP contribution in [0.25, 0.3) is 0 Å². The molecule has 0 unspecified atom stereocenters. The Hall–Kier alpha value is -1.38. The number of nitrogens with zero attached hydrogens (tertiary/aromatic N) is 1. The van der Waals surface area contributed by atoms with Gasteiger partial charge in [0.2, 0.25) is 0 Å². The first-order chi connectivity index (χ1) is 17.2. The maximum atomic E-state index is 11.8. The lowest BCUT2D eigenvalue weighted by molar-refractivity contribution is -0.276. The van der Waals surface area contributed by atoms with Crippen LogP contribution in [0.3, 0.4) is 0 Å². The quantitative estimate of drug-likeness (QED) is 0.445. The van der Waals surface area contributed by atoms with Crippen molar-refractivity contribution in [1.82, 2.24) is 10.2 Å². The van der Waals surface area contributed by atoms with E-state index in [9.17, 15) is 9.90 Å². The molecule has 6 nitrogen and oxygen atoms in total. The number of rotatable bonds is 7. The van der Waals surface area contributed by atoms with Crippen LogP contribution < -0.4 is 5.32 Å². The number of aliphatic hydroxyl groups is 1. The number of piperidine rings is 1. The average Bonchev–Trinajstić information content (AvgIpc) is 2.89. The molecule has 2 aromatic rings. The van der Waals surface area contributed by atoms with E-state index >= 15 is 0 Å². The molecule has 2 aliphatic heterocycles.